The highest BCUT2D eigenvalue weighted by molar-refractivity contribution is 9.10. The Balaban J connectivity index is 1.61. The summed E-state index contributed by atoms with van der Waals surface area (Å²) in [6, 6.07) is 13.1. The van der Waals surface area contributed by atoms with Crippen LogP contribution in [0.2, 0.25) is 5.02 Å². The van der Waals surface area contributed by atoms with Gasteiger partial charge in [-0.15, -0.1) is 5.10 Å². The van der Waals surface area contributed by atoms with Crippen LogP contribution in [0.25, 0.3) is 10.9 Å². The normalized spacial score (nSPS) is 10.9. The second kappa shape index (κ2) is 6.93. The second-order valence-corrected chi connectivity index (χ2v) is 6.91. The van der Waals surface area contributed by atoms with E-state index in [9.17, 15) is 0 Å². The molecule has 1 N–H and O–H groups in total. The van der Waals surface area contributed by atoms with Crippen LogP contribution in [-0.2, 0) is 7.05 Å². The predicted molar refractivity (Wildman–Crippen MR) is 105 cm³/mol. The van der Waals surface area contributed by atoms with Crippen molar-refractivity contribution in [3.8, 4) is 11.6 Å². The third-order valence-electron chi connectivity index (χ3n) is 3.70. The van der Waals surface area contributed by atoms with Crippen LogP contribution in [0.3, 0.4) is 0 Å². The fourth-order valence-corrected chi connectivity index (χ4v) is 3.07. The Morgan fingerprint density at radius 3 is 2.77 bits per heavy atom. The Morgan fingerprint density at radius 1 is 1.12 bits per heavy atom. The molecule has 2 aromatic heterocycles. The van der Waals surface area contributed by atoms with E-state index in [1.54, 1.807) is 29.1 Å². The Morgan fingerprint density at radius 2 is 2.00 bits per heavy atom. The molecule has 0 amide bonds. The first kappa shape index (κ1) is 16.8. The van der Waals surface area contributed by atoms with Gasteiger partial charge in [-0.25, -0.2) is 9.97 Å². The van der Waals surface area contributed by atoms with Crippen molar-refractivity contribution in [3.63, 3.8) is 0 Å². The largest absolute Gasteiger partial charge is 0.436 e. The molecule has 0 unspecified atom stereocenters. The fourth-order valence-electron chi connectivity index (χ4n) is 2.49. The highest BCUT2D eigenvalue weighted by Crippen LogP contribution is 2.33. The zero-order valence-electron chi connectivity index (χ0n) is 13.6. The molecule has 26 heavy (non-hydrogen) atoms. The maximum Gasteiger partial charge on any atom is 0.238 e. The third kappa shape index (κ3) is 3.49. The summed E-state index contributed by atoms with van der Waals surface area (Å²) in [6.07, 6.45) is 3.33. The van der Waals surface area contributed by atoms with E-state index in [0.717, 1.165) is 21.1 Å². The maximum absolute atomic E-state index is 6.36. The quantitative estimate of drug-likeness (QED) is 0.475. The van der Waals surface area contributed by atoms with Gasteiger partial charge in [-0.2, -0.15) is 0 Å². The molecule has 4 aromatic rings. The number of halogens is 2. The minimum atomic E-state index is 0.472. The zero-order chi connectivity index (χ0) is 18.1. The van der Waals surface area contributed by atoms with E-state index in [1.165, 1.54) is 6.33 Å². The number of aromatic nitrogens is 4. The van der Waals surface area contributed by atoms with E-state index in [-0.39, 0.29) is 0 Å². The molecule has 6 nitrogen and oxygen atoms in total. The molecule has 0 radical (unpaired) electrons. The van der Waals surface area contributed by atoms with Crippen molar-refractivity contribution in [1.82, 2.24) is 19.7 Å². The first-order valence-corrected chi connectivity index (χ1v) is 8.90. The Bertz CT molecular complexity index is 1100. The first-order valence-electron chi connectivity index (χ1n) is 7.73. The SMILES string of the molecule is Cn1ccc(Oc2ccc(Nc3ncnc4ccc(Br)cc34)cc2Cl)n1. The summed E-state index contributed by atoms with van der Waals surface area (Å²) in [4.78, 5) is 8.61. The molecule has 0 aliphatic rings. The van der Waals surface area contributed by atoms with E-state index < -0.39 is 0 Å². The molecule has 0 fully saturated rings. The number of nitrogens with zero attached hydrogens (tertiary/aromatic N) is 4. The summed E-state index contributed by atoms with van der Waals surface area (Å²) < 4.78 is 8.32. The Kier molecular flexibility index (Phi) is 4.48. The van der Waals surface area contributed by atoms with Gasteiger partial charge in [-0.1, -0.05) is 27.5 Å². The minimum Gasteiger partial charge on any atom is -0.436 e. The lowest BCUT2D eigenvalue weighted by atomic mass is 10.2. The third-order valence-corrected chi connectivity index (χ3v) is 4.48. The van der Waals surface area contributed by atoms with Crippen molar-refractivity contribution in [2.24, 2.45) is 7.05 Å². The highest BCUT2D eigenvalue weighted by atomic mass is 79.9. The van der Waals surface area contributed by atoms with Gasteiger partial charge in [0, 0.05) is 34.9 Å². The topological polar surface area (TPSA) is 64.9 Å². The first-order chi connectivity index (χ1) is 12.6. The number of anilines is 2. The molecule has 0 saturated heterocycles. The molecule has 2 aromatic carbocycles. The van der Waals surface area contributed by atoms with Gasteiger partial charge in [0.25, 0.3) is 0 Å². The number of rotatable bonds is 4. The number of aryl methyl sites for hydroxylation is 1. The standard InChI is InChI=1S/C18H13BrClN5O/c1-25-7-6-17(24-25)26-16-5-3-12(9-14(16)20)23-18-13-8-11(19)2-4-15(13)21-10-22-18/h2-10H,1H3,(H,21,22,23). The molecule has 0 saturated carbocycles. The zero-order valence-corrected chi connectivity index (χ0v) is 16.0. The number of benzene rings is 2. The van der Waals surface area contributed by atoms with E-state index in [2.05, 4.69) is 36.3 Å². The molecule has 0 aliphatic carbocycles. The predicted octanol–water partition coefficient (Wildman–Crippen LogP) is 5.32. The van der Waals surface area contributed by atoms with E-state index in [1.807, 2.05) is 31.3 Å². The van der Waals surface area contributed by atoms with Crippen molar-refractivity contribution >= 4 is 49.9 Å². The minimum absolute atomic E-state index is 0.472. The van der Waals surface area contributed by atoms with E-state index >= 15 is 0 Å². The molecule has 4 rings (SSSR count). The smallest absolute Gasteiger partial charge is 0.238 e. The van der Waals surface area contributed by atoms with Crippen molar-refractivity contribution in [3.05, 3.63) is 64.5 Å². The Labute approximate surface area is 162 Å². The van der Waals surface area contributed by atoms with E-state index in [0.29, 0.717) is 22.5 Å². The van der Waals surface area contributed by atoms with Gasteiger partial charge >= 0.3 is 0 Å². The fraction of sp³-hybridized carbons (Fsp3) is 0.0556. The average molecular weight is 431 g/mol. The van der Waals surface area contributed by atoms with Gasteiger partial charge in [0.15, 0.2) is 0 Å². The van der Waals surface area contributed by atoms with Crippen LogP contribution in [-0.4, -0.2) is 19.7 Å². The lowest BCUT2D eigenvalue weighted by Crippen LogP contribution is -1.96. The van der Waals surface area contributed by atoms with Gasteiger partial charge in [0.2, 0.25) is 5.88 Å². The van der Waals surface area contributed by atoms with E-state index in [4.69, 9.17) is 16.3 Å². The van der Waals surface area contributed by atoms with Gasteiger partial charge in [0.1, 0.15) is 17.9 Å². The van der Waals surface area contributed by atoms with Crippen LogP contribution in [0, 0.1) is 0 Å². The van der Waals surface area contributed by atoms with Gasteiger partial charge in [-0.3, -0.25) is 4.68 Å². The molecular weight excluding hydrogens is 418 g/mol. The van der Waals surface area contributed by atoms with Crippen molar-refractivity contribution in [2.45, 2.75) is 0 Å². The lowest BCUT2D eigenvalue weighted by Gasteiger charge is -2.11. The number of hydrogen-bond acceptors (Lipinski definition) is 5. The summed E-state index contributed by atoms with van der Waals surface area (Å²) in [5.41, 5.74) is 1.65. The van der Waals surface area contributed by atoms with Gasteiger partial charge in [-0.05, 0) is 36.4 Å². The monoisotopic (exact) mass is 429 g/mol. The lowest BCUT2D eigenvalue weighted by molar-refractivity contribution is 0.454. The number of hydrogen-bond donors (Lipinski definition) is 1. The second-order valence-electron chi connectivity index (χ2n) is 5.58. The molecular formula is C18H13BrClN5O. The summed E-state index contributed by atoms with van der Waals surface area (Å²) in [6.45, 7) is 0. The van der Waals surface area contributed by atoms with Gasteiger partial charge in [0.05, 0.1) is 10.5 Å². The molecule has 2 heterocycles. The molecule has 0 aliphatic heterocycles. The highest BCUT2D eigenvalue weighted by Gasteiger charge is 2.09. The number of fused-ring (bicyclic) bond motifs is 1. The molecule has 8 heteroatoms. The Hall–Kier alpha value is -2.64. The molecule has 0 spiro atoms. The molecule has 0 atom stereocenters. The summed E-state index contributed by atoms with van der Waals surface area (Å²) in [5, 5.41) is 8.84. The van der Waals surface area contributed by atoms with Crippen LogP contribution in [0.4, 0.5) is 11.5 Å². The summed E-state index contributed by atoms with van der Waals surface area (Å²) in [5.74, 6) is 1.72. The van der Waals surface area contributed by atoms with Crippen LogP contribution in [0.5, 0.6) is 11.6 Å². The molecule has 130 valence electrons. The van der Waals surface area contributed by atoms with Crippen LogP contribution in [0.15, 0.2) is 59.5 Å². The molecule has 0 bridgehead atoms. The van der Waals surface area contributed by atoms with Crippen LogP contribution < -0.4 is 10.1 Å². The maximum atomic E-state index is 6.36. The summed E-state index contributed by atoms with van der Waals surface area (Å²) in [7, 11) is 1.83. The van der Waals surface area contributed by atoms with Crippen molar-refractivity contribution in [1.29, 1.82) is 0 Å². The number of nitrogens with one attached hydrogen (secondary N) is 1. The van der Waals surface area contributed by atoms with Gasteiger partial charge < -0.3 is 10.1 Å². The number of ether oxygens (including phenoxy) is 1. The van der Waals surface area contributed by atoms with Crippen molar-refractivity contribution in [2.75, 3.05) is 5.32 Å². The van der Waals surface area contributed by atoms with Crippen LogP contribution in [0.1, 0.15) is 0 Å². The van der Waals surface area contributed by atoms with Crippen molar-refractivity contribution < 1.29 is 4.74 Å². The van der Waals surface area contributed by atoms with Crippen LogP contribution >= 0.6 is 27.5 Å². The summed E-state index contributed by atoms with van der Waals surface area (Å²) >= 11 is 9.83. The average Bonchev–Trinajstić information content (AvgIpc) is 3.03.